The highest BCUT2D eigenvalue weighted by Gasteiger charge is 1.96. The summed E-state index contributed by atoms with van der Waals surface area (Å²) < 4.78 is 0. The molecule has 0 aromatic heterocycles. The molecule has 0 unspecified atom stereocenters. The minimum absolute atomic E-state index is 0.179. The molecule has 0 atom stereocenters. The largest absolute Gasteiger partial charge is 0.381 e. The zero-order chi connectivity index (χ0) is 7.98. The molecule has 0 spiro atoms. The van der Waals surface area contributed by atoms with Gasteiger partial charge in [0, 0.05) is 0 Å². The summed E-state index contributed by atoms with van der Waals surface area (Å²) in [6, 6.07) is 0. The van der Waals surface area contributed by atoms with E-state index in [0.717, 1.165) is 12.5 Å². The van der Waals surface area contributed by atoms with Gasteiger partial charge in [0.2, 0.25) is 0 Å². The second kappa shape index (κ2) is 5.69. The maximum Gasteiger partial charge on any atom is 0.0954 e. The second-order valence-corrected chi connectivity index (χ2v) is 3.26. The summed E-state index contributed by atoms with van der Waals surface area (Å²) in [4.78, 5) is 1.92. The Labute approximate surface area is 63.8 Å². The van der Waals surface area contributed by atoms with E-state index in [1.54, 1.807) is 0 Å². The number of hydrogen-bond acceptors (Lipinski definition) is 2. The fourth-order valence-electron chi connectivity index (χ4n) is 0.840. The Kier molecular flexibility index (Phi) is 5.64. The number of aliphatic hydroxyl groups is 1. The molecular formula is C8H19NO. The van der Waals surface area contributed by atoms with Gasteiger partial charge in [0.05, 0.1) is 6.73 Å². The molecule has 0 amide bonds. The highest BCUT2D eigenvalue weighted by atomic mass is 16.3. The van der Waals surface area contributed by atoms with E-state index in [0.29, 0.717) is 0 Å². The van der Waals surface area contributed by atoms with Crippen molar-refractivity contribution in [2.24, 2.45) is 5.92 Å². The molecule has 2 heteroatoms. The predicted molar refractivity (Wildman–Crippen MR) is 43.8 cm³/mol. The summed E-state index contributed by atoms with van der Waals surface area (Å²) in [5.74, 6) is 0.784. The van der Waals surface area contributed by atoms with Gasteiger partial charge in [0.25, 0.3) is 0 Å². The van der Waals surface area contributed by atoms with Crippen LogP contribution in [0.25, 0.3) is 0 Å². The SMILES string of the molecule is CC(C)CCCN(C)CO. The van der Waals surface area contributed by atoms with E-state index < -0.39 is 0 Å². The first kappa shape index (κ1) is 9.92. The minimum atomic E-state index is 0.179. The summed E-state index contributed by atoms with van der Waals surface area (Å²) in [5.41, 5.74) is 0. The Hall–Kier alpha value is -0.0800. The fourth-order valence-corrected chi connectivity index (χ4v) is 0.840. The predicted octanol–water partition coefficient (Wildman–Crippen LogP) is 1.30. The van der Waals surface area contributed by atoms with E-state index in [2.05, 4.69) is 13.8 Å². The van der Waals surface area contributed by atoms with E-state index in [1.807, 2.05) is 11.9 Å². The van der Waals surface area contributed by atoms with E-state index in [9.17, 15) is 0 Å². The van der Waals surface area contributed by atoms with Crippen molar-refractivity contribution in [2.45, 2.75) is 26.7 Å². The number of rotatable bonds is 5. The summed E-state index contributed by atoms with van der Waals surface area (Å²) in [6.45, 7) is 5.63. The Morgan fingerprint density at radius 3 is 2.40 bits per heavy atom. The Balaban J connectivity index is 3.03. The van der Waals surface area contributed by atoms with E-state index >= 15 is 0 Å². The second-order valence-electron chi connectivity index (χ2n) is 3.26. The maximum absolute atomic E-state index is 8.63. The van der Waals surface area contributed by atoms with Crippen LogP contribution in [0.1, 0.15) is 26.7 Å². The van der Waals surface area contributed by atoms with Gasteiger partial charge in [-0.15, -0.1) is 0 Å². The molecule has 0 aliphatic heterocycles. The van der Waals surface area contributed by atoms with Crippen molar-refractivity contribution in [1.82, 2.24) is 4.90 Å². The molecule has 0 aromatic rings. The first-order valence-electron chi connectivity index (χ1n) is 3.96. The third-order valence-electron chi connectivity index (χ3n) is 1.56. The lowest BCUT2D eigenvalue weighted by molar-refractivity contribution is 0.130. The van der Waals surface area contributed by atoms with Gasteiger partial charge in [-0.05, 0) is 32.4 Å². The third-order valence-corrected chi connectivity index (χ3v) is 1.56. The van der Waals surface area contributed by atoms with Crippen LogP contribution in [0.4, 0.5) is 0 Å². The van der Waals surface area contributed by atoms with Gasteiger partial charge in [-0.2, -0.15) is 0 Å². The topological polar surface area (TPSA) is 23.5 Å². The van der Waals surface area contributed by atoms with Crippen molar-refractivity contribution < 1.29 is 5.11 Å². The Morgan fingerprint density at radius 2 is 2.00 bits per heavy atom. The first-order valence-corrected chi connectivity index (χ1v) is 3.96. The average molecular weight is 145 g/mol. The molecule has 10 heavy (non-hydrogen) atoms. The van der Waals surface area contributed by atoms with Crippen molar-refractivity contribution in [3.63, 3.8) is 0 Å². The summed E-state index contributed by atoms with van der Waals surface area (Å²) in [7, 11) is 1.93. The van der Waals surface area contributed by atoms with E-state index in [1.165, 1.54) is 12.8 Å². The van der Waals surface area contributed by atoms with Gasteiger partial charge in [0.1, 0.15) is 0 Å². The van der Waals surface area contributed by atoms with Crippen molar-refractivity contribution >= 4 is 0 Å². The monoisotopic (exact) mass is 145 g/mol. The quantitative estimate of drug-likeness (QED) is 0.589. The zero-order valence-corrected chi connectivity index (χ0v) is 7.30. The smallest absolute Gasteiger partial charge is 0.0954 e. The highest BCUT2D eigenvalue weighted by molar-refractivity contribution is 4.49. The van der Waals surface area contributed by atoms with Crippen molar-refractivity contribution in [3.05, 3.63) is 0 Å². The molecular weight excluding hydrogens is 126 g/mol. The fraction of sp³-hybridized carbons (Fsp3) is 1.00. The van der Waals surface area contributed by atoms with Crippen molar-refractivity contribution in [1.29, 1.82) is 0 Å². The highest BCUT2D eigenvalue weighted by Crippen LogP contribution is 2.03. The molecule has 0 bridgehead atoms. The van der Waals surface area contributed by atoms with Crippen LogP contribution in [0, 0.1) is 5.92 Å². The summed E-state index contributed by atoms with van der Waals surface area (Å²) in [5, 5.41) is 8.63. The molecule has 0 fully saturated rings. The van der Waals surface area contributed by atoms with Crippen LogP contribution < -0.4 is 0 Å². The average Bonchev–Trinajstić information content (AvgIpc) is 1.87. The molecule has 1 N–H and O–H groups in total. The summed E-state index contributed by atoms with van der Waals surface area (Å²) in [6.07, 6.45) is 2.44. The molecule has 0 saturated heterocycles. The molecule has 0 heterocycles. The molecule has 62 valence electrons. The van der Waals surface area contributed by atoms with Crippen LogP contribution in [0.3, 0.4) is 0 Å². The standard InChI is InChI=1S/C8H19NO/c1-8(2)5-4-6-9(3)7-10/h8,10H,4-7H2,1-3H3. The van der Waals surface area contributed by atoms with Gasteiger partial charge in [-0.3, -0.25) is 4.90 Å². The van der Waals surface area contributed by atoms with Gasteiger partial charge < -0.3 is 5.11 Å². The van der Waals surface area contributed by atoms with Crippen LogP contribution >= 0.6 is 0 Å². The molecule has 0 aromatic carbocycles. The number of aliphatic hydroxyl groups excluding tert-OH is 1. The van der Waals surface area contributed by atoms with Gasteiger partial charge >= 0.3 is 0 Å². The molecule has 0 rings (SSSR count). The lowest BCUT2D eigenvalue weighted by atomic mass is 10.1. The number of hydrogen-bond donors (Lipinski definition) is 1. The van der Waals surface area contributed by atoms with E-state index in [-0.39, 0.29) is 6.73 Å². The zero-order valence-electron chi connectivity index (χ0n) is 7.30. The molecule has 2 nitrogen and oxygen atoms in total. The van der Waals surface area contributed by atoms with Crippen LogP contribution in [0.15, 0.2) is 0 Å². The first-order chi connectivity index (χ1) is 4.66. The molecule has 0 radical (unpaired) electrons. The maximum atomic E-state index is 8.63. The van der Waals surface area contributed by atoms with Crippen molar-refractivity contribution in [2.75, 3.05) is 20.3 Å². The van der Waals surface area contributed by atoms with Crippen LogP contribution in [0.5, 0.6) is 0 Å². The Bertz CT molecular complexity index is 73.7. The van der Waals surface area contributed by atoms with Gasteiger partial charge in [0.15, 0.2) is 0 Å². The number of nitrogens with zero attached hydrogens (tertiary/aromatic N) is 1. The normalized spacial score (nSPS) is 11.4. The van der Waals surface area contributed by atoms with Crippen LogP contribution in [0.2, 0.25) is 0 Å². The van der Waals surface area contributed by atoms with Gasteiger partial charge in [-0.25, -0.2) is 0 Å². The van der Waals surface area contributed by atoms with Gasteiger partial charge in [-0.1, -0.05) is 13.8 Å². The minimum Gasteiger partial charge on any atom is -0.381 e. The molecule has 0 aliphatic carbocycles. The van der Waals surface area contributed by atoms with Crippen LogP contribution in [-0.4, -0.2) is 30.3 Å². The van der Waals surface area contributed by atoms with E-state index in [4.69, 9.17) is 5.11 Å². The summed E-state index contributed by atoms with van der Waals surface area (Å²) >= 11 is 0. The lowest BCUT2D eigenvalue weighted by Gasteiger charge is -2.12. The van der Waals surface area contributed by atoms with Crippen LogP contribution in [-0.2, 0) is 0 Å². The molecule has 0 saturated carbocycles. The van der Waals surface area contributed by atoms with Crippen molar-refractivity contribution in [3.8, 4) is 0 Å². The Morgan fingerprint density at radius 1 is 1.40 bits per heavy atom. The lowest BCUT2D eigenvalue weighted by Crippen LogP contribution is -2.20. The molecule has 0 aliphatic rings. The third kappa shape index (κ3) is 6.05.